The molecule has 0 aromatic heterocycles. The summed E-state index contributed by atoms with van der Waals surface area (Å²) in [5.74, 6) is 0.0461. The molecule has 0 amide bonds. The number of nitrogens with zero attached hydrogens (tertiary/aromatic N) is 1. The third-order valence-electron chi connectivity index (χ3n) is 3.73. The highest BCUT2D eigenvalue weighted by Gasteiger charge is 2.25. The summed E-state index contributed by atoms with van der Waals surface area (Å²) in [6.45, 7) is 7.08. The summed E-state index contributed by atoms with van der Waals surface area (Å²) in [6, 6.07) is 5.02. The Bertz CT molecular complexity index is 681. The molecule has 1 saturated heterocycles. The first-order valence-electron chi connectivity index (χ1n) is 7.56. The number of morpholine rings is 1. The molecule has 8 heteroatoms. The zero-order valence-electron chi connectivity index (χ0n) is 13.6. The predicted molar refractivity (Wildman–Crippen MR) is 96.8 cm³/mol. The van der Waals surface area contributed by atoms with Crippen molar-refractivity contribution in [3.63, 3.8) is 0 Å². The molecule has 3 N–H and O–H groups in total. The van der Waals surface area contributed by atoms with Gasteiger partial charge in [-0.15, -0.1) is 0 Å². The average molecular weight is 358 g/mol. The topological polar surface area (TPSA) is 84.7 Å². The van der Waals surface area contributed by atoms with Gasteiger partial charge in [-0.3, -0.25) is 0 Å². The van der Waals surface area contributed by atoms with E-state index < -0.39 is 9.84 Å². The van der Waals surface area contributed by atoms with Crippen molar-refractivity contribution in [2.75, 3.05) is 29.1 Å². The standard InChI is InChI=1S/C15H23N3O3S2/c1-4-23(19,20)12-5-6-14(13(7-12)17-15(16)22)18-8-10(2)21-11(3)9-18/h5-7,10-11H,4,8-9H2,1-3H3,(H3,16,17,22). The van der Waals surface area contributed by atoms with Crippen molar-refractivity contribution >= 4 is 38.5 Å². The molecule has 2 rings (SSSR count). The van der Waals surface area contributed by atoms with Gasteiger partial charge in [-0.2, -0.15) is 0 Å². The van der Waals surface area contributed by atoms with Gasteiger partial charge in [0, 0.05) is 13.1 Å². The second-order valence-corrected chi connectivity index (χ2v) is 8.45. The van der Waals surface area contributed by atoms with E-state index in [2.05, 4.69) is 10.2 Å². The monoisotopic (exact) mass is 357 g/mol. The van der Waals surface area contributed by atoms with Crippen molar-refractivity contribution in [3.8, 4) is 0 Å². The van der Waals surface area contributed by atoms with E-state index in [4.69, 9.17) is 22.7 Å². The highest BCUT2D eigenvalue weighted by molar-refractivity contribution is 7.91. The van der Waals surface area contributed by atoms with E-state index in [-0.39, 0.29) is 28.0 Å². The third-order valence-corrected chi connectivity index (χ3v) is 5.56. The average Bonchev–Trinajstić information content (AvgIpc) is 2.45. The molecule has 1 aliphatic heterocycles. The van der Waals surface area contributed by atoms with Crippen LogP contribution in [-0.2, 0) is 14.6 Å². The maximum atomic E-state index is 12.1. The van der Waals surface area contributed by atoms with Crippen molar-refractivity contribution in [2.24, 2.45) is 5.73 Å². The summed E-state index contributed by atoms with van der Waals surface area (Å²) in [6.07, 6.45) is 0.186. The van der Waals surface area contributed by atoms with E-state index in [1.165, 1.54) is 0 Å². The molecule has 6 nitrogen and oxygen atoms in total. The molecule has 2 unspecified atom stereocenters. The van der Waals surface area contributed by atoms with Crippen LogP contribution in [0.25, 0.3) is 0 Å². The lowest BCUT2D eigenvalue weighted by atomic mass is 10.1. The Morgan fingerprint density at radius 3 is 2.52 bits per heavy atom. The van der Waals surface area contributed by atoms with Gasteiger partial charge in [0.05, 0.1) is 34.2 Å². The van der Waals surface area contributed by atoms with Crippen LogP contribution in [0.4, 0.5) is 11.4 Å². The SMILES string of the molecule is CCS(=O)(=O)c1ccc(N2CC(C)OC(C)C2)c(NC(N)=S)c1. The van der Waals surface area contributed by atoms with Crippen LogP contribution in [0, 0.1) is 0 Å². The number of hydrogen-bond donors (Lipinski definition) is 2. The molecular formula is C15H23N3O3S2. The Morgan fingerprint density at radius 1 is 1.39 bits per heavy atom. The van der Waals surface area contributed by atoms with Gasteiger partial charge in [-0.05, 0) is 44.3 Å². The molecule has 0 bridgehead atoms. The van der Waals surface area contributed by atoms with Gasteiger partial charge in [0.25, 0.3) is 0 Å². The fourth-order valence-corrected chi connectivity index (χ4v) is 3.77. The van der Waals surface area contributed by atoms with Crippen LogP contribution in [0.5, 0.6) is 0 Å². The van der Waals surface area contributed by atoms with Crippen molar-refractivity contribution in [1.29, 1.82) is 0 Å². The van der Waals surface area contributed by atoms with E-state index >= 15 is 0 Å². The highest BCUT2D eigenvalue weighted by atomic mass is 32.2. The molecule has 0 radical (unpaired) electrons. The maximum absolute atomic E-state index is 12.1. The predicted octanol–water partition coefficient (Wildman–Crippen LogP) is 1.75. The van der Waals surface area contributed by atoms with E-state index in [1.54, 1.807) is 25.1 Å². The van der Waals surface area contributed by atoms with E-state index in [9.17, 15) is 8.42 Å². The number of anilines is 2. The summed E-state index contributed by atoms with van der Waals surface area (Å²) < 4.78 is 30.0. The lowest BCUT2D eigenvalue weighted by Crippen LogP contribution is -2.45. The Labute approximate surface area is 142 Å². The van der Waals surface area contributed by atoms with E-state index in [0.29, 0.717) is 5.69 Å². The summed E-state index contributed by atoms with van der Waals surface area (Å²) in [5.41, 5.74) is 7.07. The molecule has 1 aromatic rings. The van der Waals surface area contributed by atoms with Gasteiger partial charge in [-0.1, -0.05) is 6.92 Å². The summed E-state index contributed by atoms with van der Waals surface area (Å²) in [7, 11) is -3.29. The van der Waals surface area contributed by atoms with Crippen LogP contribution in [0.3, 0.4) is 0 Å². The lowest BCUT2D eigenvalue weighted by molar-refractivity contribution is -0.00517. The maximum Gasteiger partial charge on any atom is 0.178 e. The molecule has 0 saturated carbocycles. The number of nitrogens with one attached hydrogen (secondary N) is 1. The zero-order valence-corrected chi connectivity index (χ0v) is 15.2. The van der Waals surface area contributed by atoms with Crippen molar-refractivity contribution < 1.29 is 13.2 Å². The fourth-order valence-electron chi connectivity index (χ4n) is 2.76. The first-order chi connectivity index (χ1) is 10.7. The molecule has 1 heterocycles. The Morgan fingerprint density at radius 2 is 2.00 bits per heavy atom. The molecule has 23 heavy (non-hydrogen) atoms. The van der Waals surface area contributed by atoms with Crippen molar-refractivity contribution in [1.82, 2.24) is 0 Å². The van der Waals surface area contributed by atoms with E-state index in [0.717, 1.165) is 18.8 Å². The molecule has 2 atom stereocenters. The number of nitrogens with two attached hydrogens (primary N) is 1. The van der Waals surface area contributed by atoms with Gasteiger partial charge in [0.1, 0.15) is 0 Å². The second-order valence-electron chi connectivity index (χ2n) is 5.73. The summed E-state index contributed by atoms with van der Waals surface area (Å²) >= 11 is 4.92. The zero-order chi connectivity index (χ0) is 17.2. The highest BCUT2D eigenvalue weighted by Crippen LogP contribution is 2.31. The summed E-state index contributed by atoms with van der Waals surface area (Å²) in [5, 5.41) is 3.00. The van der Waals surface area contributed by atoms with Crippen LogP contribution >= 0.6 is 12.2 Å². The lowest BCUT2D eigenvalue weighted by Gasteiger charge is -2.37. The van der Waals surface area contributed by atoms with Gasteiger partial charge >= 0.3 is 0 Å². The summed E-state index contributed by atoms with van der Waals surface area (Å²) in [4.78, 5) is 2.42. The molecule has 0 spiro atoms. The largest absolute Gasteiger partial charge is 0.376 e. The minimum Gasteiger partial charge on any atom is -0.376 e. The molecule has 1 fully saturated rings. The normalized spacial score (nSPS) is 22.0. The van der Waals surface area contributed by atoms with Gasteiger partial charge < -0.3 is 20.7 Å². The van der Waals surface area contributed by atoms with Gasteiger partial charge in [0.2, 0.25) is 0 Å². The molecular weight excluding hydrogens is 334 g/mol. The quantitative estimate of drug-likeness (QED) is 0.794. The number of rotatable bonds is 4. The Hall–Kier alpha value is -1.38. The minimum absolute atomic E-state index is 0.0461. The van der Waals surface area contributed by atoms with Crippen LogP contribution in [0.15, 0.2) is 23.1 Å². The fraction of sp³-hybridized carbons (Fsp3) is 0.533. The van der Waals surface area contributed by atoms with Crippen molar-refractivity contribution in [3.05, 3.63) is 18.2 Å². The number of sulfone groups is 1. The van der Waals surface area contributed by atoms with Crippen LogP contribution in [-0.4, -0.2) is 44.6 Å². The van der Waals surface area contributed by atoms with Gasteiger partial charge in [-0.25, -0.2) is 8.42 Å². The van der Waals surface area contributed by atoms with Crippen LogP contribution < -0.4 is 16.0 Å². The molecule has 1 aromatic carbocycles. The number of hydrogen-bond acceptors (Lipinski definition) is 5. The number of ether oxygens (including phenoxy) is 1. The molecule has 128 valence electrons. The van der Waals surface area contributed by atoms with Crippen LogP contribution in [0.2, 0.25) is 0 Å². The Kier molecular flexibility index (Phi) is 5.49. The van der Waals surface area contributed by atoms with E-state index in [1.807, 2.05) is 13.8 Å². The number of thiocarbonyl (C=S) groups is 1. The molecule has 0 aliphatic carbocycles. The smallest absolute Gasteiger partial charge is 0.178 e. The first-order valence-corrected chi connectivity index (χ1v) is 9.62. The minimum atomic E-state index is -3.29. The Balaban J connectivity index is 2.44. The second kappa shape index (κ2) is 7.02. The number of benzene rings is 1. The van der Waals surface area contributed by atoms with Gasteiger partial charge in [0.15, 0.2) is 14.9 Å². The van der Waals surface area contributed by atoms with Crippen LogP contribution in [0.1, 0.15) is 20.8 Å². The first kappa shape index (κ1) is 18.0. The molecule has 1 aliphatic rings. The third kappa shape index (κ3) is 4.33. The van der Waals surface area contributed by atoms with Crippen molar-refractivity contribution in [2.45, 2.75) is 37.9 Å².